The number of carbonyl (C=O) groups is 1. The van der Waals surface area contributed by atoms with E-state index in [0.29, 0.717) is 13.2 Å². The van der Waals surface area contributed by atoms with Crippen LogP contribution in [0.5, 0.6) is 0 Å². The number of carbonyl (C=O) groups excluding carboxylic acids is 1. The maximum absolute atomic E-state index is 12.5. The molecular weight excluding hydrogens is 268 g/mol. The van der Waals surface area contributed by atoms with Crippen LogP contribution in [-0.2, 0) is 14.3 Å². The third-order valence-corrected chi connectivity index (χ3v) is 4.74. The molecule has 2 saturated heterocycles. The van der Waals surface area contributed by atoms with Crippen LogP contribution in [0.3, 0.4) is 0 Å². The van der Waals surface area contributed by atoms with Gasteiger partial charge in [0.25, 0.3) is 0 Å². The van der Waals surface area contributed by atoms with Crippen molar-refractivity contribution in [3.05, 3.63) is 0 Å². The van der Waals surface area contributed by atoms with Gasteiger partial charge in [0, 0.05) is 32.8 Å². The summed E-state index contributed by atoms with van der Waals surface area (Å²) in [5.74, 6) is 1.24. The number of morpholine rings is 1. The highest BCUT2D eigenvalue weighted by Crippen LogP contribution is 2.29. The predicted molar refractivity (Wildman–Crippen MR) is 80.1 cm³/mol. The minimum Gasteiger partial charge on any atom is -0.381 e. The van der Waals surface area contributed by atoms with E-state index >= 15 is 0 Å². The highest BCUT2D eigenvalue weighted by molar-refractivity contribution is 5.79. The summed E-state index contributed by atoms with van der Waals surface area (Å²) in [7, 11) is 2.16. The molecule has 0 unspecified atom stereocenters. The Hall–Kier alpha value is -0.650. The van der Waals surface area contributed by atoms with Crippen molar-refractivity contribution in [1.29, 1.82) is 0 Å². The lowest BCUT2D eigenvalue weighted by molar-refractivity contribution is -0.147. The molecule has 5 nitrogen and oxygen atoms in total. The molecule has 0 aromatic carbocycles. The number of likely N-dealkylation sites (N-methyl/N-ethyl adjacent to an activating group) is 1. The van der Waals surface area contributed by atoms with Crippen LogP contribution in [0.2, 0.25) is 0 Å². The quantitative estimate of drug-likeness (QED) is 0.758. The second-order valence-electron chi connectivity index (χ2n) is 6.86. The van der Waals surface area contributed by atoms with Crippen molar-refractivity contribution in [2.24, 2.45) is 11.8 Å². The largest absolute Gasteiger partial charge is 0.381 e. The number of amides is 1. The number of ether oxygens (including phenoxy) is 2. The molecule has 0 N–H and O–H groups in total. The molecule has 2 aliphatic heterocycles. The fraction of sp³-hybridized carbons (Fsp3) is 0.938. The molecule has 2 atom stereocenters. The lowest BCUT2D eigenvalue weighted by Gasteiger charge is -2.37. The molecule has 0 bridgehead atoms. The molecule has 21 heavy (non-hydrogen) atoms. The molecule has 0 radical (unpaired) electrons. The molecule has 3 aliphatic rings. The van der Waals surface area contributed by atoms with E-state index in [1.54, 1.807) is 0 Å². The van der Waals surface area contributed by atoms with Gasteiger partial charge >= 0.3 is 0 Å². The van der Waals surface area contributed by atoms with Crippen LogP contribution in [0.15, 0.2) is 0 Å². The number of hydrogen-bond acceptors (Lipinski definition) is 4. The van der Waals surface area contributed by atoms with Gasteiger partial charge in [-0.05, 0) is 38.6 Å². The molecule has 120 valence electrons. The van der Waals surface area contributed by atoms with E-state index in [0.717, 1.165) is 45.0 Å². The Bertz CT molecular complexity index is 353. The van der Waals surface area contributed by atoms with Crippen LogP contribution < -0.4 is 0 Å². The van der Waals surface area contributed by atoms with E-state index in [1.807, 2.05) is 4.90 Å². The zero-order chi connectivity index (χ0) is 14.7. The van der Waals surface area contributed by atoms with Gasteiger partial charge in [-0.3, -0.25) is 4.79 Å². The first-order valence-corrected chi connectivity index (χ1v) is 8.39. The van der Waals surface area contributed by atoms with E-state index in [-0.39, 0.29) is 17.9 Å². The van der Waals surface area contributed by atoms with Crippen molar-refractivity contribution in [2.45, 2.75) is 31.8 Å². The molecule has 0 aromatic rings. The summed E-state index contributed by atoms with van der Waals surface area (Å²) >= 11 is 0. The van der Waals surface area contributed by atoms with E-state index in [9.17, 15) is 4.79 Å². The molecule has 0 aromatic heterocycles. The van der Waals surface area contributed by atoms with Gasteiger partial charge in [-0.1, -0.05) is 0 Å². The second kappa shape index (κ2) is 7.07. The first-order valence-electron chi connectivity index (χ1n) is 8.39. The summed E-state index contributed by atoms with van der Waals surface area (Å²) in [4.78, 5) is 16.9. The van der Waals surface area contributed by atoms with Crippen molar-refractivity contribution in [2.75, 3.05) is 53.0 Å². The molecule has 1 amide bonds. The van der Waals surface area contributed by atoms with Crippen LogP contribution in [0.4, 0.5) is 0 Å². The zero-order valence-electron chi connectivity index (χ0n) is 13.1. The van der Waals surface area contributed by atoms with Gasteiger partial charge < -0.3 is 19.3 Å². The minimum atomic E-state index is 0.0710. The van der Waals surface area contributed by atoms with Crippen molar-refractivity contribution in [3.63, 3.8) is 0 Å². The van der Waals surface area contributed by atoms with Gasteiger partial charge in [-0.15, -0.1) is 0 Å². The van der Waals surface area contributed by atoms with Gasteiger partial charge in [-0.2, -0.15) is 0 Å². The molecule has 3 fully saturated rings. The predicted octanol–water partition coefficient (Wildman–Crippen LogP) is 0.982. The lowest BCUT2D eigenvalue weighted by Crippen LogP contribution is -2.51. The first-order chi connectivity index (χ1) is 10.2. The maximum Gasteiger partial charge on any atom is 0.228 e. The van der Waals surface area contributed by atoms with Gasteiger partial charge in [0.15, 0.2) is 0 Å². The topological polar surface area (TPSA) is 42.0 Å². The van der Waals surface area contributed by atoms with E-state index < -0.39 is 0 Å². The summed E-state index contributed by atoms with van der Waals surface area (Å²) in [5, 5.41) is 0. The average Bonchev–Trinajstić information content (AvgIpc) is 3.31. The number of rotatable bonds is 5. The highest BCUT2D eigenvalue weighted by Gasteiger charge is 2.31. The summed E-state index contributed by atoms with van der Waals surface area (Å²) in [6, 6.07) is 0. The maximum atomic E-state index is 12.5. The normalized spacial score (nSPS) is 30.7. The average molecular weight is 296 g/mol. The third kappa shape index (κ3) is 4.41. The van der Waals surface area contributed by atoms with Gasteiger partial charge in [0.05, 0.1) is 25.2 Å². The summed E-state index contributed by atoms with van der Waals surface area (Å²) in [6.07, 6.45) is 4.90. The zero-order valence-corrected chi connectivity index (χ0v) is 13.1. The molecular formula is C16H28N2O3. The Kier molecular flexibility index (Phi) is 5.14. The molecule has 3 rings (SSSR count). The number of hydrogen-bond donors (Lipinski definition) is 0. The molecule has 2 heterocycles. The third-order valence-electron chi connectivity index (χ3n) is 4.74. The fourth-order valence-electron chi connectivity index (χ4n) is 3.39. The standard InChI is InChI=1S/C16H28N2O3/c1-17(9-13-4-5-13)10-15-11-18(6-8-21-15)16(19)14-3-2-7-20-12-14/h13-15H,2-12H2,1H3/t14-,15-/m1/s1. The van der Waals surface area contributed by atoms with Crippen molar-refractivity contribution in [3.8, 4) is 0 Å². The highest BCUT2D eigenvalue weighted by atomic mass is 16.5. The van der Waals surface area contributed by atoms with Crippen molar-refractivity contribution >= 4 is 5.91 Å². The molecule has 1 aliphatic carbocycles. The Morgan fingerprint density at radius 1 is 1.24 bits per heavy atom. The van der Waals surface area contributed by atoms with Crippen LogP contribution in [-0.4, -0.2) is 74.9 Å². The fourth-order valence-corrected chi connectivity index (χ4v) is 3.39. The number of nitrogens with zero attached hydrogens (tertiary/aromatic N) is 2. The lowest BCUT2D eigenvalue weighted by atomic mass is 10.00. The second-order valence-corrected chi connectivity index (χ2v) is 6.86. The van der Waals surface area contributed by atoms with Crippen molar-refractivity contribution < 1.29 is 14.3 Å². The van der Waals surface area contributed by atoms with Crippen LogP contribution in [0.25, 0.3) is 0 Å². The molecule has 1 saturated carbocycles. The van der Waals surface area contributed by atoms with Gasteiger partial charge in [-0.25, -0.2) is 0 Å². The van der Waals surface area contributed by atoms with Crippen LogP contribution in [0.1, 0.15) is 25.7 Å². The van der Waals surface area contributed by atoms with E-state index in [2.05, 4.69) is 11.9 Å². The molecule has 0 spiro atoms. The van der Waals surface area contributed by atoms with Crippen LogP contribution >= 0.6 is 0 Å². The Morgan fingerprint density at radius 2 is 2.10 bits per heavy atom. The Balaban J connectivity index is 1.46. The van der Waals surface area contributed by atoms with Crippen molar-refractivity contribution in [1.82, 2.24) is 9.80 Å². The van der Waals surface area contributed by atoms with E-state index in [1.165, 1.54) is 19.4 Å². The van der Waals surface area contributed by atoms with Gasteiger partial charge in [0.2, 0.25) is 5.91 Å². The smallest absolute Gasteiger partial charge is 0.228 e. The molecule has 5 heteroatoms. The van der Waals surface area contributed by atoms with Gasteiger partial charge in [0.1, 0.15) is 0 Å². The SMILES string of the molecule is CN(CC1CC1)C[C@@H]1CN(C(=O)[C@@H]2CCCOC2)CCO1. The monoisotopic (exact) mass is 296 g/mol. The Labute approximate surface area is 127 Å². The summed E-state index contributed by atoms with van der Waals surface area (Å²) < 4.78 is 11.3. The van der Waals surface area contributed by atoms with Crippen LogP contribution in [0, 0.1) is 11.8 Å². The summed E-state index contributed by atoms with van der Waals surface area (Å²) in [5.41, 5.74) is 0. The summed E-state index contributed by atoms with van der Waals surface area (Å²) in [6.45, 7) is 5.65. The first kappa shape index (κ1) is 15.3. The van der Waals surface area contributed by atoms with E-state index in [4.69, 9.17) is 9.47 Å². The Morgan fingerprint density at radius 3 is 2.81 bits per heavy atom. The minimum absolute atomic E-state index is 0.0710.